The molecule has 3 aliphatic carbocycles. The lowest BCUT2D eigenvalue weighted by Gasteiger charge is -2.40. The Morgan fingerprint density at radius 1 is 0.366 bits per heavy atom. The van der Waals surface area contributed by atoms with Crippen molar-refractivity contribution in [2.45, 2.75) is 20.6 Å². The van der Waals surface area contributed by atoms with Crippen LogP contribution >= 0.6 is 23.1 Å². The maximum absolute atomic E-state index is 5.51. The Bertz CT molecular complexity index is 4490. The van der Waals surface area contributed by atoms with E-state index in [4.69, 9.17) is 9.97 Å². The highest BCUT2D eigenvalue weighted by molar-refractivity contribution is 7.99. The molecule has 2 spiro atoms. The lowest BCUT2D eigenvalue weighted by atomic mass is 9.66. The molecular formula is C66H37N3S2. The maximum atomic E-state index is 5.51. The zero-order chi connectivity index (χ0) is 46.2. The van der Waals surface area contributed by atoms with Crippen LogP contribution in [-0.2, 0) is 10.8 Å². The average Bonchev–Trinajstić information content (AvgIpc) is 4.23. The van der Waals surface area contributed by atoms with Crippen molar-refractivity contribution in [3.63, 3.8) is 0 Å². The van der Waals surface area contributed by atoms with Crippen LogP contribution in [0.1, 0.15) is 44.5 Å². The smallest absolute Gasteiger partial charge is 0.0939 e. The summed E-state index contributed by atoms with van der Waals surface area (Å²) in [4.78, 5) is 13.2. The summed E-state index contributed by atoms with van der Waals surface area (Å²) >= 11 is 3.79. The van der Waals surface area contributed by atoms with Gasteiger partial charge in [0.1, 0.15) is 0 Å². The Morgan fingerprint density at radius 3 is 1.80 bits per heavy atom. The minimum Gasteiger partial charge on any atom is -0.308 e. The van der Waals surface area contributed by atoms with Crippen LogP contribution in [-0.4, -0.2) is 14.5 Å². The number of fused-ring (bicyclic) bond motifs is 25. The summed E-state index contributed by atoms with van der Waals surface area (Å²) in [5.74, 6) is 0. The van der Waals surface area contributed by atoms with Crippen LogP contribution in [0, 0.1) is 0 Å². The van der Waals surface area contributed by atoms with Crippen molar-refractivity contribution in [3.8, 4) is 50.5 Å². The highest BCUT2D eigenvalue weighted by atomic mass is 32.2. The first kappa shape index (κ1) is 38.5. The number of para-hydroxylation sites is 1. The Balaban J connectivity index is 0.924. The molecule has 71 heavy (non-hydrogen) atoms. The number of aromatic nitrogens is 3. The lowest BCUT2D eigenvalue weighted by Crippen LogP contribution is -2.33. The molecule has 1 aliphatic heterocycles. The van der Waals surface area contributed by atoms with Gasteiger partial charge in [-0.3, -0.25) is 9.97 Å². The van der Waals surface area contributed by atoms with E-state index in [0.29, 0.717) is 0 Å². The van der Waals surface area contributed by atoms with E-state index in [-0.39, 0.29) is 0 Å². The van der Waals surface area contributed by atoms with Gasteiger partial charge in [0.2, 0.25) is 0 Å². The zero-order valence-electron chi connectivity index (χ0n) is 38.0. The molecule has 1 atom stereocenters. The Morgan fingerprint density at radius 2 is 0.986 bits per heavy atom. The predicted octanol–water partition coefficient (Wildman–Crippen LogP) is 16.8. The van der Waals surface area contributed by atoms with Crippen LogP contribution in [0.4, 0.5) is 0 Å². The van der Waals surface area contributed by atoms with Crippen LogP contribution in [0.3, 0.4) is 0 Å². The first-order chi connectivity index (χ1) is 35.2. The number of rotatable bonds is 2. The molecule has 0 saturated heterocycles. The van der Waals surface area contributed by atoms with Gasteiger partial charge >= 0.3 is 0 Å². The number of pyridine rings is 2. The standard InChI is InChI=1S/C66H37N3S2/c1-6-22-49-41(15-1)42-16-2-7-23-50(42)65(49)51-24-8-3-17-43(51)47-35-55-61(36-54(47)65)70-60-29-12-9-25-52(60)66(55)53-26-14-32-67-62(53)63-56(66)34-39(37-68-63)69-57-27-10-4-18-44(57)48-33-38(30-31-58(48)69)40-20-13-21-46-45-19-5-11-28-59(45)71-64(40)46/h1-37H. The summed E-state index contributed by atoms with van der Waals surface area (Å²) in [6, 6.07) is 79.9. The molecule has 0 bridgehead atoms. The van der Waals surface area contributed by atoms with Gasteiger partial charge in [0, 0.05) is 52.5 Å². The van der Waals surface area contributed by atoms with Crippen molar-refractivity contribution in [3.05, 3.63) is 269 Å². The average molecular weight is 936 g/mol. The summed E-state index contributed by atoms with van der Waals surface area (Å²) in [7, 11) is 0. The molecule has 0 fully saturated rings. The van der Waals surface area contributed by atoms with Crippen molar-refractivity contribution >= 4 is 65.1 Å². The third-order valence-electron chi connectivity index (χ3n) is 16.4. The van der Waals surface area contributed by atoms with E-state index in [9.17, 15) is 0 Å². The number of benzene rings is 9. The Hall–Kier alpha value is -8.35. The molecule has 9 aromatic carbocycles. The van der Waals surface area contributed by atoms with Gasteiger partial charge in [-0.05, 0) is 127 Å². The van der Waals surface area contributed by atoms with Gasteiger partial charge in [0.15, 0.2) is 0 Å². The Labute approximate surface area is 417 Å². The molecule has 1 unspecified atom stereocenters. The zero-order valence-corrected chi connectivity index (χ0v) is 39.7. The third kappa shape index (κ3) is 4.67. The SMILES string of the molecule is c1ccc2c(c1)Sc1cc3c(cc1C21c2cccnc2-c2ncc(-n4c5ccccc5c5cc(-c6cccc7c6sc6ccccc67)ccc54)cc21)-c1ccccc1C31c2ccccc2-c2ccccc21. The highest BCUT2D eigenvalue weighted by Gasteiger charge is 2.56. The molecule has 0 amide bonds. The quantitative estimate of drug-likeness (QED) is 0.173. The van der Waals surface area contributed by atoms with Crippen molar-refractivity contribution in [2.24, 2.45) is 0 Å². The minimum atomic E-state index is -0.695. The fourth-order valence-electron chi connectivity index (χ4n) is 13.7. The van der Waals surface area contributed by atoms with E-state index < -0.39 is 10.8 Å². The molecule has 5 heterocycles. The number of hydrogen-bond acceptors (Lipinski definition) is 4. The van der Waals surface area contributed by atoms with Gasteiger partial charge in [-0.2, -0.15) is 0 Å². The van der Waals surface area contributed by atoms with Crippen LogP contribution in [0.2, 0.25) is 0 Å². The molecule has 0 N–H and O–H groups in total. The second-order valence-corrected chi connectivity index (χ2v) is 21.6. The van der Waals surface area contributed by atoms with E-state index in [1.165, 1.54) is 113 Å². The molecule has 3 nitrogen and oxygen atoms in total. The molecule has 0 saturated carbocycles. The van der Waals surface area contributed by atoms with Gasteiger partial charge in [0.25, 0.3) is 0 Å². The fourth-order valence-corrected chi connectivity index (χ4v) is 16.1. The van der Waals surface area contributed by atoms with Crippen LogP contribution in [0.25, 0.3) is 92.4 Å². The summed E-state index contributed by atoms with van der Waals surface area (Å²) < 4.78 is 5.08. The van der Waals surface area contributed by atoms with Crippen LogP contribution in [0.15, 0.2) is 235 Å². The summed E-state index contributed by atoms with van der Waals surface area (Å²) in [5.41, 5.74) is 22.1. The first-order valence-electron chi connectivity index (χ1n) is 24.4. The van der Waals surface area contributed by atoms with Gasteiger partial charge in [0.05, 0.1) is 45.1 Å². The monoisotopic (exact) mass is 935 g/mol. The van der Waals surface area contributed by atoms with Gasteiger partial charge in [-0.15, -0.1) is 11.3 Å². The Kier molecular flexibility index (Phi) is 7.43. The van der Waals surface area contributed by atoms with Gasteiger partial charge < -0.3 is 4.57 Å². The second kappa shape index (κ2) is 13.7. The summed E-state index contributed by atoms with van der Waals surface area (Å²) in [6.07, 6.45) is 4.01. The van der Waals surface area contributed by atoms with Crippen molar-refractivity contribution in [2.75, 3.05) is 0 Å². The first-order valence-corrected chi connectivity index (χ1v) is 26.0. The summed E-state index contributed by atoms with van der Waals surface area (Å²) in [5, 5.41) is 5.07. The summed E-state index contributed by atoms with van der Waals surface area (Å²) in [6.45, 7) is 0. The number of nitrogens with zero attached hydrogens (tertiary/aromatic N) is 3. The third-order valence-corrected chi connectivity index (χ3v) is 18.7. The lowest BCUT2D eigenvalue weighted by molar-refractivity contribution is 0.714. The molecule has 17 rings (SSSR count). The molecule has 4 aromatic heterocycles. The normalized spacial score (nSPS) is 16.0. The van der Waals surface area contributed by atoms with E-state index in [1.807, 2.05) is 29.3 Å². The number of thiophene rings is 1. The van der Waals surface area contributed by atoms with Gasteiger partial charge in [-0.25, -0.2) is 0 Å². The maximum Gasteiger partial charge on any atom is 0.0939 e. The predicted molar refractivity (Wildman–Crippen MR) is 292 cm³/mol. The molecule has 328 valence electrons. The van der Waals surface area contributed by atoms with E-state index >= 15 is 0 Å². The van der Waals surface area contributed by atoms with E-state index in [0.717, 1.165) is 33.7 Å². The van der Waals surface area contributed by atoms with Crippen molar-refractivity contribution in [1.82, 2.24) is 14.5 Å². The molecule has 0 radical (unpaired) electrons. The topological polar surface area (TPSA) is 30.7 Å². The largest absolute Gasteiger partial charge is 0.308 e. The highest BCUT2D eigenvalue weighted by Crippen LogP contribution is 2.67. The van der Waals surface area contributed by atoms with Gasteiger partial charge in [-0.1, -0.05) is 169 Å². The van der Waals surface area contributed by atoms with Crippen molar-refractivity contribution in [1.29, 1.82) is 0 Å². The van der Waals surface area contributed by atoms with E-state index in [1.54, 1.807) is 0 Å². The second-order valence-electron chi connectivity index (χ2n) is 19.5. The molecular weight excluding hydrogens is 899 g/mol. The van der Waals surface area contributed by atoms with Crippen LogP contribution < -0.4 is 0 Å². The molecule has 5 heteroatoms. The van der Waals surface area contributed by atoms with Crippen LogP contribution in [0.5, 0.6) is 0 Å². The minimum absolute atomic E-state index is 0.443. The number of hydrogen-bond donors (Lipinski definition) is 0. The molecule has 4 aliphatic rings. The fraction of sp³-hybridized carbons (Fsp3) is 0.0303. The van der Waals surface area contributed by atoms with E-state index in [2.05, 4.69) is 223 Å². The van der Waals surface area contributed by atoms with Crippen molar-refractivity contribution < 1.29 is 0 Å². The molecule has 13 aromatic rings.